The van der Waals surface area contributed by atoms with Crippen LogP contribution >= 0.6 is 0 Å². The fourth-order valence-electron chi connectivity index (χ4n) is 2.34. The molecule has 1 unspecified atom stereocenters. The molecule has 0 saturated heterocycles. The Labute approximate surface area is 122 Å². The summed E-state index contributed by atoms with van der Waals surface area (Å²) in [5.74, 6) is 1.29. The van der Waals surface area contributed by atoms with Gasteiger partial charge in [-0.15, -0.1) is 0 Å². The fourth-order valence-corrected chi connectivity index (χ4v) is 2.34. The van der Waals surface area contributed by atoms with Crippen molar-refractivity contribution in [2.45, 2.75) is 46.1 Å². The summed E-state index contributed by atoms with van der Waals surface area (Å²) in [6.07, 6.45) is 8.96. The highest BCUT2D eigenvalue weighted by Gasteiger charge is 2.14. The van der Waals surface area contributed by atoms with E-state index in [1.807, 2.05) is 10.8 Å². The first kappa shape index (κ1) is 16.7. The molecule has 5 heteroatoms. The molecule has 0 aliphatic rings. The van der Waals surface area contributed by atoms with Crippen molar-refractivity contribution in [3.8, 4) is 0 Å². The van der Waals surface area contributed by atoms with E-state index in [2.05, 4.69) is 24.1 Å². The topological polar surface area (TPSA) is 72.9 Å². The molecule has 1 atom stereocenters. The maximum Gasteiger partial charge on any atom is 0.220 e. The zero-order chi connectivity index (χ0) is 14.8. The standard InChI is InChI=1S/C15H28N4O/c1-13(2)14(6-7-16)4-5-15(20)18-8-3-10-19-11-9-17-12-19/h9,11-14H,3-8,10,16H2,1-2H3,(H,18,20). The molecular weight excluding hydrogens is 252 g/mol. The molecule has 0 radical (unpaired) electrons. The highest BCUT2D eigenvalue weighted by Crippen LogP contribution is 2.20. The van der Waals surface area contributed by atoms with Gasteiger partial charge >= 0.3 is 0 Å². The lowest BCUT2D eigenvalue weighted by atomic mass is 9.88. The summed E-state index contributed by atoms with van der Waals surface area (Å²) >= 11 is 0. The summed E-state index contributed by atoms with van der Waals surface area (Å²) in [7, 11) is 0. The predicted octanol–water partition coefficient (Wildman–Crippen LogP) is 1.79. The molecule has 0 fully saturated rings. The number of imidazole rings is 1. The van der Waals surface area contributed by atoms with Crippen LogP contribution in [0.5, 0.6) is 0 Å². The van der Waals surface area contributed by atoms with Crippen molar-refractivity contribution in [3.63, 3.8) is 0 Å². The number of carbonyl (C=O) groups is 1. The van der Waals surface area contributed by atoms with Gasteiger partial charge in [0.25, 0.3) is 0 Å². The molecule has 0 bridgehead atoms. The largest absolute Gasteiger partial charge is 0.356 e. The van der Waals surface area contributed by atoms with E-state index in [0.29, 0.717) is 24.8 Å². The molecule has 5 nitrogen and oxygen atoms in total. The van der Waals surface area contributed by atoms with Crippen molar-refractivity contribution < 1.29 is 4.79 Å². The van der Waals surface area contributed by atoms with Crippen molar-refractivity contribution in [2.24, 2.45) is 17.6 Å². The number of aryl methyl sites for hydroxylation is 1. The van der Waals surface area contributed by atoms with E-state index in [0.717, 1.165) is 32.4 Å². The van der Waals surface area contributed by atoms with Gasteiger partial charge in [-0.25, -0.2) is 4.98 Å². The smallest absolute Gasteiger partial charge is 0.220 e. The highest BCUT2D eigenvalue weighted by molar-refractivity contribution is 5.75. The molecular formula is C15H28N4O. The third kappa shape index (κ3) is 6.70. The number of carbonyl (C=O) groups excluding carboxylic acids is 1. The van der Waals surface area contributed by atoms with Crippen LogP contribution in [0.15, 0.2) is 18.7 Å². The number of aromatic nitrogens is 2. The van der Waals surface area contributed by atoms with Gasteiger partial charge in [0.15, 0.2) is 0 Å². The summed E-state index contributed by atoms with van der Waals surface area (Å²) in [6.45, 7) is 6.71. The first-order chi connectivity index (χ1) is 9.63. The monoisotopic (exact) mass is 280 g/mol. The zero-order valence-corrected chi connectivity index (χ0v) is 12.7. The normalized spacial score (nSPS) is 12.6. The molecule has 1 aromatic rings. The van der Waals surface area contributed by atoms with Gasteiger partial charge in [-0.3, -0.25) is 4.79 Å². The molecule has 1 heterocycles. The van der Waals surface area contributed by atoms with Crippen molar-refractivity contribution in [1.82, 2.24) is 14.9 Å². The Kier molecular flexibility index (Phi) is 7.95. The van der Waals surface area contributed by atoms with Crippen molar-refractivity contribution in [3.05, 3.63) is 18.7 Å². The molecule has 0 aliphatic heterocycles. The van der Waals surface area contributed by atoms with Gasteiger partial charge in [-0.2, -0.15) is 0 Å². The lowest BCUT2D eigenvalue weighted by Crippen LogP contribution is -2.26. The summed E-state index contributed by atoms with van der Waals surface area (Å²) in [5.41, 5.74) is 5.61. The quantitative estimate of drug-likeness (QED) is 0.642. The third-order valence-electron chi connectivity index (χ3n) is 3.70. The van der Waals surface area contributed by atoms with Crippen molar-refractivity contribution in [2.75, 3.05) is 13.1 Å². The van der Waals surface area contributed by atoms with E-state index in [1.165, 1.54) is 0 Å². The molecule has 1 amide bonds. The molecule has 20 heavy (non-hydrogen) atoms. The van der Waals surface area contributed by atoms with Gasteiger partial charge < -0.3 is 15.6 Å². The minimum Gasteiger partial charge on any atom is -0.356 e. The van der Waals surface area contributed by atoms with Gasteiger partial charge in [0, 0.05) is 31.9 Å². The lowest BCUT2D eigenvalue weighted by Gasteiger charge is -2.19. The van der Waals surface area contributed by atoms with Crippen LogP contribution in [-0.2, 0) is 11.3 Å². The van der Waals surface area contributed by atoms with Gasteiger partial charge in [0.2, 0.25) is 5.91 Å². The van der Waals surface area contributed by atoms with E-state index in [-0.39, 0.29) is 5.91 Å². The van der Waals surface area contributed by atoms with E-state index in [9.17, 15) is 4.79 Å². The van der Waals surface area contributed by atoms with Crippen LogP contribution in [0.4, 0.5) is 0 Å². The number of nitrogens with one attached hydrogen (secondary N) is 1. The Morgan fingerprint density at radius 3 is 2.80 bits per heavy atom. The summed E-state index contributed by atoms with van der Waals surface area (Å²) in [5, 5.41) is 2.98. The molecule has 114 valence electrons. The number of hydrogen-bond donors (Lipinski definition) is 2. The Hall–Kier alpha value is -1.36. The van der Waals surface area contributed by atoms with Crippen LogP contribution < -0.4 is 11.1 Å². The Balaban J connectivity index is 2.10. The summed E-state index contributed by atoms with van der Waals surface area (Å²) < 4.78 is 2.02. The Morgan fingerprint density at radius 1 is 1.40 bits per heavy atom. The molecule has 0 aromatic carbocycles. The van der Waals surface area contributed by atoms with E-state index in [1.54, 1.807) is 12.5 Å². The second kappa shape index (κ2) is 9.53. The van der Waals surface area contributed by atoms with E-state index in [4.69, 9.17) is 5.73 Å². The second-order valence-electron chi connectivity index (χ2n) is 5.62. The molecule has 0 aliphatic carbocycles. The number of nitrogens with two attached hydrogens (primary N) is 1. The van der Waals surface area contributed by atoms with E-state index < -0.39 is 0 Å². The van der Waals surface area contributed by atoms with Crippen LogP contribution in [0.3, 0.4) is 0 Å². The van der Waals surface area contributed by atoms with Gasteiger partial charge in [-0.1, -0.05) is 13.8 Å². The van der Waals surface area contributed by atoms with Gasteiger partial charge in [0.05, 0.1) is 6.33 Å². The molecule has 1 rings (SSSR count). The maximum absolute atomic E-state index is 11.8. The first-order valence-corrected chi connectivity index (χ1v) is 7.56. The number of nitrogens with zero attached hydrogens (tertiary/aromatic N) is 2. The summed E-state index contributed by atoms with van der Waals surface area (Å²) in [6, 6.07) is 0. The van der Waals surface area contributed by atoms with Crippen LogP contribution in [0, 0.1) is 11.8 Å². The van der Waals surface area contributed by atoms with E-state index >= 15 is 0 Å². The molecule has 3 N–H and O–H groups in total. The Bertz CT molecular complexity index is 362. The maximum atomic E-state index is 11.8. The van der Waals surface area contributed by atoms with Gasteiger partial charge in [-0.05, 0) is 37.6 Å². The SMILES string of the molecule is CC(C)C(CCN)CCC(=O)NCCCn1ccnc1. The number of rotatable bonds is 10. The van der Waals surface area contributed by atoms with Crippen LogP contribution in [-0.4, -0.2) is 28.5 Å². The second-order valence-corrected chi connectivity index (χ2v) is 5.62. The van der Waals surface area contributed by atoms with Crippen molar-refractivity contribution in [1.29, 1.82) is 0 Å². The van der Waals surface area contributed by atoms with Crippen molar-refractivity contribution >= 4 is 5.91 Å². The molecule has 1 aromatic heterocycles. The summed E-state index contributed by atoms with van der Waals surface area (Å²) in [4.78, 5) is 15.8. The Morgan fingerprint density at radius 2 is 2.20 bits per heavy atom. The third-order valence-corrected chi connectivity index (χ3v) is 3.70. The average molecular weight is 280 g/mol. The van der Waals surface area contributed by atoms with Crippen LogP contribution in [0.1, 0.15) is 39.5 Å². The zero-order valence-electron chi connectivity index (χ0n) is 12.7. The fraction of sp³-hybridized carbons (Fsp3) is 0.733. The van der Waals surface area contributed by atoms with Crippen LogP contribution in [0.25, 0.3) is 0 Å². The lowest BCUT2D eigenvalue weighted by molar-refractivity contribution is -0.121. The predicted molar refractivity (Wildman–Crippen MR) is 81.1 cm³/mol. The molecule has 0 spiro atoms. The van der Waals surface area contributed by atoms with Crippen LogP contribution in [0.2, 0.25) is 0 Å². The average Bonchev–Trinajstić information content (AvgIpc) is 2.92. The van der Waals surface area contributed by atoms with Gasteiger partial charge in [0.1, 0.15) is 0 Å². The first-order valence-electron chi connectivity index (χ1n) is 7.56. The molecule has 0 saturated carbocycles. The highest BCUT2D eigenvalue weighted by atomic mass is 16.1. The minimum atomic E-state index is 0.151. The number of hydrogen-bond acceptors (Lipinski definition) is 3. The minimum absolute atomic E-state index is 0.151. The number of amides is 1.